The van der Waals surface area contributed by atoms with Gasteiger partial charge < -0.3 is 10.1 Å². The first-order valence-corrected chi connectivity index (χ1v) is 7.20. The van der Waals surface area contributed by atoms with Gasteiger partial charge in [-0.3, -0.25) is 9.78 Å². The molecule has 0 radical (unpaired) electrons. The van der Waals surface area contributed by atoms with Gasteiger partial charge >= 0.3 is 6.18 Å². The number of carbonyl (C=O) groups excluding carboxylic acids is 1. The third kappa shape index (κ3) is 5.09. The predicted molar refractivity (Wildman–Crippen MR) is 80.9 cm³/mol. The Kier molecular flexibility index (Phi) is 5.61. The molecule has 0 unspecified atom stereocenters. The van der Waals surface area contributed by atoms with Crippen molar-refractivity contribution in [2.24, 2.45) is 0 Å². The summed E-state index contributed by atoms with van der Waals surface area (Å²) < 4.78 is 40.8. The van der Waals surface area contributed by atoms with Crippen LogP contribution in [0, 0.1) is 0 Å². The number of hydrogen-bond donors (Lipinski definition) is 1. The molecule has 2 aromatic heterocycles. The van der Waals surface area contributed by atoms with E-state index in [0.29, 0.717) is 0 Å². The summed E-state index contributed by atoms with van der Waals surface area (Å²) >= 11 is 5.81. The Balaban J connectivity index is 2.04. The van der Waals surface area contributed by atoms with E-state index in [-0.39, 0.29) is 22.5 Å². The van der Waals surface area contributed by atoms with Crippen molar-refractivity contribution in [3.63, 3.8) is 0 Å². The van der Waals surface area contributed by atoms with E-state index >= 15 is 0 Å². The van der Waals surface area contributed by atoms with Crippen LogP contribution in [0.15, 0.2) is 36.8 Å². The molecule has 0 aliphatic heterocycles. The van der Waals surface area contributed by atoms with E-state index in [4.69, 9.17) is 11.6 Å². The number of nitrogens with zero attached hydrogens (tertiary/aromatic N) is 2. The molecule has 24 heavy (non-hydrogen) atoms. The molecule has 1 amide bonds. The molecule has 1 N–H and O–H groups in total. The highest BCUT2D eigenvalue weighted by Crippen LogP contribution is 2.25. The fraction of sp³-hybridized carbons (Fsp3) is 0.267. The van der Waals surface area contributed by atoms with Gasteiger partial charge in [0, 0.05) is 18.6 Å². The van der Waals surface area contributed by atoms with Gasteiger partial charge in [-0.05, 0) is 24.6 Å². The van der Waals surface area contributed by atoms with Crippen LogP contribution in [0.25, 0.3) is 0 Å². The van der Waals surface area contributed by atoms with E-state index < -0.39 is 18.7 Å². The monoisotopic (exact) mass is 359 g/mol. The number of rotatable bonds is 5. The summed E-state index contributed by atoms with van der Waals surface area (Å²) in [5, 5.41) is 2.54. The first-order chi connectivity index (χ1) is 11.3. The molecule has 2 rings (SSSR count). The highest BCUT2D eigenvalue weighted by molar-refractivity contribution is 6.32. The number of aromatic nitrogens is 2. The second-order valence-electron chi connectivity index (χ2n) is 4.90. The Bertz CT molecular complexity index is 711. The van der Waals surface area contributed by atoms with Gasteiger partial charge in [0.1, 0.15) is 5.02 Å². The number of amides is 1. The Labute approximate surface area is 140 Å². The summed E-state index contributed by atoms with van der Waals surface area (Å²) in [6, 6.07) is 4.43. The van der Waals surface area contributed by atoms with Crippen molar-refractivity contribution in [3.05, 3.63) is 52.9 Å². The van der Waals surface area contributed by atoms with E-state index in [9.17, 15) is 18.0 Å². The van der Waals surface area contributed by atoms with Crippen molar-refractivity contribution in [2.75, 3.05) is 6.61 Å². The molecule has 128 valence electrons. The van der Waals surface area contributed by atoms with E-state index in [2.05, 4.69) is 20.0 Å². The van der Waals surface area contributed by atoms with Crippen LogP contribution in [0.5, 0.6) is 5.88 Å². The van der Waals surface area contributed by atoms with E-state index in [1.165, 1.54) is 6.07 Å². The van der Waals surface area contributed by atoms with Gasteiger partial charge in [-0.1, -0.05) is 17.7 Å². The van der Waals surface area contributed by atoms with Gasteiger partial charge in [0.05, 0.1) is 11.6 Å². The molecule has 0 aromatic carbocycles. The average Bonchev–Trinajstić information content (AvgIpc) is 2.53. The third-order valence-corrected chi connectivity index (χ3v) is 3.24. The van der Waals surface area contributed by atoms with Crippen LogP contribution in [0.2, 0.25) is 5.02 Å². The van der Waals surface area contributed by atoms with Gasteiger partial charge in [-0.15, -0.1) is 0 Å². The van der Waals surface area contributed by atoms with Gasteiger partial charge in [-0.25, -0.2) is 4.98 Å². The lowest BCUT2D eigenvalue weighted by atomic mass is 10.1. The Hall–Kier alpha value is -2.35. The maximum atomic E-state index is 12.2. The summed E-state index contributed by atoms with van der Waals surface area (Å²) in [4.78, 5) is 19.8. The third-order valence-electron chi connectivity index (χ3n) is 2.97. The van der Waals surface area contributed by atoms with Gasteiger partial charge in [-0.2, -0.15) is 13.2 Å². The normalized spacial score (nSPS) is 12.5. The summed E-state index contributed by atoms with van der Waals surface area (Å²) in [5.41, 5.74) is 0.908. The van der Waals surface area contributed by atoms with Crippen LogP contribution in [0.3, 0.4) is 0 Å². The Morgan fingerprint density at radius 3 is 2.75 bits per heavy atom. The van der Waals surface area contributed by atoms with Gasteiger partial charge in [0.15, 0.2) is 6.61 Å². The molecule has 5 nitrogen and oxygen atoms in total. The number of halogens is 4. The quantitative estimate of drug-likeness (QED) is 0.886. The van der Waals surface area contributed by atoms with Crippen LogP contribution in [-0.4, -0.2) is 28.7 Å². The standard InChI is InChI=1S/C15H13ClF3N3O2/c1-9(10-3-2-4-20-6-10)22-13(23)11-5-12(16)14(21-7-11)24-8-15(17,18)19/h2-7,9H,8H2,1H3,(H,22,23)/t9-/m1/s1. The molecule has 9 heteroatoms. The molecule has 1 atom stereocenters. The lowest BCUT2D eigenvalue weighted by Gasteiger charge is -2.14. The minimum atomic E-state index is -4.50. The topological polar surface area (TPSA) is 64.1 Å². The van der Waals surface area contributed by atoms with Crippen molar-refractivity contribution in [2.45, 2.75) is 19.1 Å². The minimum absolute atomic E-state index is 0.107. The average molecular weight is 360 g/mol. The maximum absolute atomic E-state index is 12.2. The first kappa shape index (κ1) is 18.0. The van der Waals surface area contributed by atoms with E-state index in [0.717, 1.165) is 11.8 Å². The fourth-order valence-electron chi connectivity index (χ4n) is 1.80. The lowest BCUT2D eigenvalue weighted by molar-refractivity contribution is -0.154. The minimum Gasteiger partial charge on any atom is -0.467 e. The molecular formula is C15H13ClF3N3O2. The maximum Gasteiger partial charge on any atom is 0.422 e. The van der Waals surface area contributed by atoms with Crippen LogP contribution >= 0.6 is 11.6 Å². The number of pyridine rings is 2. The first-order valence-electron chi connectivity index (χ1n) is 6.82. The van der Waals surface area contributed by atoms with Crippen LogP contribution < -0.4 is 10.1 Å². The molecule has 2 heterocycles. The summed E-state index contributed by atoms with van der Waals surface area (Å²) in [6.07, 6.45) is -0.172. The van der Waals surface area contributed by atoms with Crippen molar-refractivity contribution < 1.29 is 22.7 Å². The molecule has 0 saturated heterocycles. The highest BCUT2D eigenvalue weighted by Gasteiger charge is 2.29. The number of hydrogen-bond acceptors (Lipinski definition) is 4. The zero-order valence-electron chi connectivity index (χ0n) is 12.5. The van der Waals surface area contributed by atoms with Gasteiger partial charge in [0.2, 0.25) is 5.88 Å². The highest BCUT2D eigenvalue weighted by atomic mass is 35.5. The largest absolute Gasteiger partial charge is 0.467 e. The molecular weight excluding hydrogens is 347 g/mol. The van der Waals surface area contributed by atoms with Crippen molar-refractivity contribution in [3.8, 4) is 5.88 Å². The van der Waals surface area contributed by atoms with Crippen LogP contribution in [-0.2, 0) is 0 Å². The molecule has 0 bridgehead atoms. The lowest BCUT2D eigenvalue weighted by Crippen LogP contribution is -2.27. The SMILES string of the molecule is C[C@@H](NC(=O)c1cnc(OCC(F)(F)F)c(Cl)c1)c1cccnc1. The fourth-order valence-corrected chi connectivity index (χ4v) is 2.02. The van der Waals surface area contributed by atoms with Gasteiger partial charge in [0.25, 0.3) is 5.91 Å². The second-order valence-corrected chi connectivity index (χ2v) is 5.30. The molecule has 0 aliphatic rings. The van der Waals surface area contributed by atoms with Crippen LogP contribution in [0.1, 0.15) is 28.9 Å². The molecule has 0 saturated carbocycles. The number of alkyl halides is 3. The number of ether oxygens (including phenoxy) is 1. The summed E-state index contributed by atoms with van der Waals surface area (Å²) in [5.74, 6) is -0.853. The molecule has 2 aromatic rings. The number of nitrogens with one attached hydrogen (secondary N) is 1. The molecule has 0 fully saturated rings. The Morgan fingerprint density at radius 1 is 1.42 bits per heavy atom. The Morgan fingerprint density at radius 2 is 2.17 bits per heavy atom. The zero-order valence-corrected chi connectivity index (χ0v) is 13.2. The summed E-state index contributed by atoms with van der Waals surface area (Å²) in [7, 11) is 0. The second kappa shape index (κ2) is 7.48. The zero-order chi connectivity index (χ0) is 17.7. The smallest absolute Gasteiger partial charge is 0.422 e. The van der Waals surface area contributed by atoms with Crippen molar-refractivity contribution in [1.82, 2.24) is 15.3 Å². The van der Waals surface area contributed by atoms with Crippen molar-refractivity contribution >= 4 is 17.5 Å². The van der Waals surface area contributed by atoms with Crippen LogP contribution in [0.4, 0.5) is 13.2 Å². The number of carbonyl (C=O) groups is 1. The molecule has 0 spiro atoms. The molecule has 0 aliphatic carbocycles. The summed E-state index contributed by atoms with van der Waals surface area (Å²) in [6.45, 7) is 0.258. The van der Waals surface area contributed by atoms with Crippen molar-refractivity contribution in [1.29, 1.82) is 0 Å². The predicted octanol–water partition coefficient (Wildman–Crippen LogP) is 3.56. The van der Waals surface area contributed by atoms with E-state index in [1.807, 2.05) is 0 Å². The van der Waals surface area contributed by atoms with E-state index in [1.54, 1.807) is 31.5 Å².